The number of carbonyl (C=O) groups excluding carboxylic acids is 1. The Labute approximate surface area is 167 Å². The molecule has 0 saturated heterocycles. The van der Waals surface area contributed by atoms with Gasteiger partial charge in [-0.3, -0.25) is 9.59 Å². The van der Waals surface area contributed by atoms with Crippen molar-refractivity contribution in [1.29, 1.82) is 0 Å². The number of hydrogen-bond donors (Lipinski definition) is 1. The van der Waals surface area contributed by atoms with Gasteiger partial charge in [-0.25, -0.2) is 0 Å². The van der Waals surface area contributed by atoms with E-state index in [2.05, 4.69) is 12.2 Å². The number of carbonyl (C=O) groups is 1. The molecule has 2 aromatic rings. The molecule has 0 unspecified atom stereocenters. The summed E-state index contributed by atoms with van der Waals surface area (Å²) in [4.78, 5) is 26.0. The fourth-order valence-corrected chi connectivity index (χ4v) is 3.28. The first-order valence-electron chi connectivity index (χ1n) is 10.0. The van der Waals surface area contributed by atoms with Gasteiger partial charge in [0, 0.05) is 17.7 Å². The standard InChI is InChI=1S/C23H31NO4/c1-7-10-11-19-20(22(25)14(4)15(5)28-19)23(26)24-21-16(8-2)12-18(27-6)13-17(21)9-3/h12-13H,7-11H2,1-6H3,(H,24,26). The third-order valence-electron chi connectivity index (χ3n) is 5.15. The van der Waals surface area contributed by atoms with Crippen LogP contribution in [0.15, 0.2) is 21.3 Å². The minimum absolute atomic E-state index is 0.122. The van der Waals surface area contributed by atoms with Crippen LogP contribution < -0.4 is 15.5 Å². The molecular weight excluding hydrogens is 354 g/mol. The minimum Gasteiger partial charge on any atom is -0.497 e. The van der Waals surface area contributed by atoms with Crippen LogP contribution in [-0.4, -0.2) is 13.0 Å². The van der Waals surface area contributed by atoms with Crippen molar-refractivity contribution in [3.8, 4) is 5.75 Å². The molecule has 0 saturated carbocycles. The molecule has 5 heteroatoms. The highest BCUT2D eigenvalue weighted by atomic mass is 16.5. The Kier molecular flexibility index (Phi) is 7.44. The molecule has 0 fully saturated rings. The zero-order chi connectivity index (χ0) is 20.8. The van der Waals surface area contributed by atoms with Crippen molar-refractivity contribution in [2.75, 3.05) is 12.4 Å². The highest BCUT2D eigenvalue weighted by Gasteiger charge is 2.23. The van der Waals surface area contributed by atoms with Gasteiger partial charge in [-0.05, 0) is 56.4 Å². The van der Waals surface area contributed by atoms with E-state index in [0.717, 1.165) is 48.2 Å². The van der Waals surface area contributed by atoms with E-state index in [-0.39, 0.29) is 11.0 Å². The van der Waals surface area contributed by atoms with Crippen LogP contribution in [0.1, 0.15) is 72.2 Å². The lowest BCUT2D eigenvalue weighted by atomic mass is 10.0. The van der Waals surface area contributed by atoms with E-state index < -0.39 is 5.91 Å². The summed E-state index contributed by atoms with van der Waals surface area (Å²) in [6, 6.07) is 3.85. The van der Waals surface area contributed by atoms with Crippen molar-refractivity contribution >= 4 is 11.6 Å². The van der Waals surface area contributed by atoms with Crippen molar-refractivity contribution in [2.24, 2.45) is 0 Å². The van der Waals surface area contributed by atoms with Crippen molar-refractivity contribution in [3.63, 3.8) is 0 Å². The number of nitrogens with one attached hydrogen (secondary N) is 1. The van der Waals surface area contributed by atoms with Crippen LogP contribution in [0.2, 0.25) is 0 Å². The Morgan fingerprint density at radius 1 is 1.11 bits per heavy atom. The molecule has 1 N–H and O–H groups in total. The summed E-state index contributed by atoms with van der Waals surface area (Å²) in [5, 5.41) is 3.00. The van der Waals surface area contributed by atoms with Gasteiger partial charge in [0.2, 0.25) is 5.43 Å². The van der Waals surface area contributed by atoms with Gasteiger partial charge in [0.05, 0.1) is 7.11 Å². The monoisotopic (exact) mass is 385 g/mol. The second-order valence-electron chi connectivity index (χ2n) is 7.00. The second-order valence-corrected chi connectivity index (χ2v) is 7.00. The summed E-state index contributed by atoms with van der Waals surface area (Å²) < 4.78 is 11.2. The smallest absolute Gasteiger partial charge is 0.263 e. The molecule has 0 bridgehead atoms. The fraction of sp³-hybridized carbons (Fsp3) is 0.478. The molecule has 1 heterocycles. The number of benzene rings is 1. The Balaban J connectivity index is 2.54. The number of hydrogen-bond acceptors (Lipinski definition) is 4. The number of unbranched alkanes of at least 4 members (excludes halogenated alkanes) is 1. The van der Waals surface area contributed by atoms with E-state index in [0.29, 0.717) is 23.5 Å². The Morgan fingerprint density at radius 3 is 2.21 bits per heavy atom. The molecule has 0 aliphatic carbocycles. The van der Waals surface area contributed by atoms with E-state index in [9.17, 15) is 9.59 Å². The van der Waals surface area contributed by atoms with Crippen molar-refractivity contribution in [1.82, 2.24) is 0 Å². The first kappa shape index (κ1) is 21.7. The molecule has 0 atom stereocenters. The lowest BCUT2D eigenvalue weighted by Gasteiger charge is -2.17. The molecule has 0 spiro atoms. The molecule has 28 heavy (non-hydrogen) atoms. The van der Waals surface area contributed by atoms with Crippen LogP contribution in [0.25, 0.3) is 0 Å². The maximum absolute atomic E-state index is 13.2. The van der Waals surface area contributed by atoms with E-state index in [1.165, 1.54) is 0 Å². The normalized spacial score (nSPS) is 10.8. The topological polar surface area (TPSA) is 68.5 Å². The lowest BCUT2D eigenvalue weighted by Crippen LogP contribution is -2.26. The minimum atomic E-state index is -0.405. The highest BCUT2D eigenvalue weighted by Crippen LogP contribution is 2.29. The lowest BCUT2D eigenvalue weighted by molar-refractivity contribution is 0.102. The van der Waals surface area contributed by atoms with Crippen LogP contribution in [0.4, 0.5) is 5.69 Å². The maximum Gasteiger partial charge on any atom is 0.263 e. The number of amides is 1. The Bertz CT molecular complexity index is 887. The molecule has 152 valence electrons. The molecule has 1 aromatic carbocycles. The molecule has 2 rings (SSSR count). The van der Waals surface area contributed by atoms with Gasteiger partial charge in [-0.1, -0.05) is 27.2 Å². The Hall–Kier alpha value is -2.56. The quantitative estimate of drug-likeness (QED) is 0.695. The van der Waals surface area contributed by atoms with E-state index in [1.54, 1.807) is 21.0 Å². The molecule has 5 nitrogen and oxygen atoms in total. The number of rotatable bonds is 8. The van der Waals surface area contributed by atoms with E-state index >= 15 is 0 Å². The molecule has 0 aliphatic rings. The third kappa shape index (κ3) is 4.46. The zero-order valence-electron chi connectivity index (χ0n) is 17.8. The van der Waals surface area contributed by atoms with Crippen molar-refractivity contribution in [2.45, 2.75) is 66.7 Å². The predicted molar refractivity (Wildman–Crippen MR) is 113 cm³/mol. The average Bonchev–Trinajstić information content (AvgIpc) is 2.70. The Morgan fingerprint density at radius 2 is 1.71 bits per heavy atom. The molecule has 1 amide bonds. The average molecular weight is 386 g/mol. The van der Waals surface area contributed by atoms with Gasteiger partial charge in [0.1, 0.15) is 22.8 Å². The number of ether oxygens (including phenoxy) is 1. The summed E-state index contributed by atoms with van der Waals surface area (Å²) >= 11 is 0. The summed E-state index contributed by atoms with van der Waals surface area (Å²) in [6.07, 6.45) is 3.86. The van der Waals surface area contributed by atoms with Gasteiger partial charge in [0.25, 0.3) is 5.91 Å². The SMILES string of the molecule is CCCCc1oc(C)c(C)c(=O)c1C(=O)Nc1c(CC)cc(OC)cc1CC. The largest absolute Gasteiger partial charge is 0.497 e. The van der Waals surface area contributed by atoms with Crippen LogP contribution >= 0.6 is 0 Å². The maximum atomic E-state index is 13.2. The van der Waals surface area contributed by atoms with Crippen LogP contribution in [0.5, 0.6) is 5.75 Å². The molecule has 0 radical (unpaired) electrons. The first-order valence-corrected chi connectivity index (χ1v) is 10.0. The molecular formula is C23H31NO4. The van der Waals surface area contributed by atoms with E-state index in [1.807, 2.05) is 26.0 Å². The van der Waals surface area contributed by atoms with Crippen LogP contribution in [0.3, 0.4) is 0 Å². The summed E-state index contributed by atoms with van der Waals surface area (Å²) in [5.74, 6) is 1.40. The number of anilines is 1. The summed E-state index contributed by atoms with van der Waals surface area (Å²) in [5.41, 5.74) is 3.07. The van der Waals surface area contributed by atoms with Crippen molar-refractivity contribution in [3.05, 3.63) is 56.1 Å². The van der Waals surface area contributed by atoms with Crippen LogP contribution in [-0.2, 0) is 19.3 Å². The number of methoxy groups -OCH3 is 1. The molecule has 0 aliphatic heterocycles. The summed E-state index contributed by atoms with van der Waals surface area (Å²) in [6.45, 7) is 9.59. The van der Waals surface area contributed by atoms with Gasteiger partial charge < -0.3 is 14.5 Å². The van der Waals surface area contributed by atoms with Crippen molar-refractivity contribution < 1.29 is 13.9 Å². The number of aryl methyl sites for hydroxylation is 4. The molecule has 1 aromatic heterocycles. The first-order chi connectivity index (χ1) is 13.4. The van der Waals surface area contributed by atoms with Gasteiger partial charge >= 0.3 is 0 Å². The van der Waals surface area contributed by atoms with Gasteiger partial charge in [-0.2, -0.15) is 0 Å². The summed E-state index contributed by atoms with van der Waals surface area (Å²) in [7, 11) is 1.63. The highest BCUT2D eigenvalue weighted by molar-refractivity contribution is 6.05. The van der Waals surface area contributed by atoms with Gasteiger partial charge in [0.15, 0.2) is 0 Å². The van der Waals surface area contributed by atoms with E-state index in [4.69, 9.17) is 9.15 Å². The van der Waals surface area contributed by atoms with Gasteiger partial charge in [-0.15, -0.1) is 0 Å². The fourth-order valence-electron chi connectivity index (χ4n) is 3.28. The predicted octanol–water partition coefficient (Wildman–Crippen LogP) is 4.98. The second kappa shape index (κ2) is 9.58. The third-order valence-corrected chi connectivity index (χ3v) is 5.15. The zero-order valence-corrected chi connectivity index (χ0v) is 17.8. The van der Waals surface area contributed by atoms with Crippen LogP contribution in [0, 0.1) is 13.8 Å².